The molecule has 0 saturated carbocycles. The highest BCUT2D eigenvalue weighted by Crippen LogP contribution is 2.45. The van der Waals surface area contributed by atoms with Gasteiger partial charge in [0.1, 0.15) is 0 Å². The highest BCUT2D eigenvalue weighted by atomic mass is 32.1. The highest BCUT2D eigenvalue weighted by molar-refractivity contribution is 7.84. The van der Waals surface area contributed by atoms with Crippen LogP contribution in [0.15, 0.2) is 78.9 Å². The summed E-state index contributed by atoms with van der Waals surface area (Å²) in [5, 5.41) is 4.08. The zero-order chi connectivity index (χ0) is 17.3. The normalized spacial score (nSPS) is 13.5. The molecule has 0 aliphatic heterocycles. The van der Waals surface area contributed by atoms with Gasteiger partial charge in [-0.1, -0.05) is 48.5 Å². The zero-order valence-electron chi connectivity index (χ0n) is 13.7. The van der Waals surface area contributed by atoms with Gasteiger partial charge in [-0.3, -0.25) is 4.57 Å². The van der Waals surface area contributed by atoms with Crippen LogP contribution in [0.4, 0.5) is 5.69 Å². The predicted molar refractivity (Wildman–Crippen MR) is 108 cm³/mol. The van der Waals surface area contributed by atoms with Crippen molar-refractivity contribution in [3.8, 4) is 0 Å². The van der Waals surface area contributed by atoms with Crippen LogP contribution in [-0.4, -0.2) is 4.98 Å². The molecule has 0 radical (unpaired) electrons. The zero-order valence-corrected chi connectivity index (χ0v) is 15.4. The molecule has 1 aromatic heterocycles. The number of hydrogen-bond acceptors (Lipinski definition) is 3. The highest BCUT2D eigenvalue weighted by Gasteiger charge is 2.31. The van der Waals surface area contributed by atoms with E-state index in [1.165, 1.54) is 11.3 Å². The lowest BCUT2D eigenvalue weighted by molar-refractivity contribution is 0.590. The van der Waals surface area contributed by atoms with Gasteiger partial charge in [0.2, 0.25) is 0 Å². The van der Waals surface area contributed by atoms with Gasteiger partial charge in [-0.25, -0.2) is 4.98 Å². The molecule has 1 heterocycles. The fraction of sp³-hybridized carbons (Fsp3) is 0.0500. The van der Waals surface area contributed by atoms with Crippen LogP contribution in [0, 0.1) is 6.92 Å². The van der Waals surface area contributed by atoms with E-state index in [0.717, 1.165) is 26.8 Å². The van der Waals surface area contributed by atoms with Gasteiger partial charge >= 0.3 is 0 Å². The van der Waals surface area contributed by atoms with Gasteiger partial charge in [-0.15, -0.1) is 11.3 Å². The summed E-state index contributed by atoms with van der Waals surface area (Å²) >= 11 is 1.49. The standard InChI is InChI=1S/C20H17N2OPS/c1-15-9-5-6-12-17(15)22-24(23,16-10-3-2-4-11-16)20-21-18-13-7-8-14-19(18)25-20/h2-14H,1H3,(H,22,23)/t24-/m1/s1. The Bertz CT molecular complexity index is 1040. The van der Waals surface area contributed by atoms with Crippen LogP contribution >= 0.6 is 18.6 Å². The third-order valence-electron chi connectivity index (χ3n) is 4.09. The fourth-order valence-electron chi connectivity index (χ4n) is 2.72. The molecular weight excluding hydrogens is 347 g/mol. The van der Waals surface area contributed by atoms with Gasteiger partial charge in [-0.2, -0.15) is 0 Å². The molecule has 25 heavy (non-hydrogen) atoms. The lowest BCUT2D eigenvalue weighted by Crippen LogP contribution is -2.21. The number of benzene rings is 3. The minimum absolute atomic E-state index is 0.628. The molecule has 0 aliphatic rings. The summed E-state index contributed by atoms with van der Waals surface area (Å²) in [6, 6.07) is 25.3. The number of aromatic nitrogens is 1. The molecule has 0 saturated heterocycles. The summed E-state index contributed by atoms with van der Waals surface area (Å²) in [4.78, 5) is 4.68. The number of aryl methyl sites for hydroxylation is 1. The Balaban J connectivity index is 1.90. The molecule has 0 unspecified atom stereocenters. The van der Waals surface area contributed by atoms with E-state index in [1.54, 1.807) is 0 Å². The quantitative estimate of drug-likeness (QED) is 0.521. The molecule has 3 aromatic carbocycles. The van der Waals surface area contributed by atoms with E-state index in [1.807, 2.05) is 85.8 Å². The topological polar surface area (TPSA) is 42.0 Å². The number of hydrogen-bond donors (Lipinski definition) is 1. The number of thiazole rings is 1. The Morgan fingerprint density at radius 2 is 1.56 bits per heavy atom. The molecule has 0 bridgehead atoms. The van der Waals surface area contributed by atoms with Crippen LogP contribution in [0.2, 0.25) is 0 Å². The molecule has 1 atom stereocenters. The van der Waals surface area contributed by atoms with Crippen molar-refractivity contribution in [1.82, 2.24) is 4.98 Å². The van der Waals surface area contributed by atoms with Gasteiger partial charge in [0.05, 0.1) is 10.2 Å². The van der Waals surface area contributed by atoms with E-state index in [4.69, 9.17) is 0 Å². The first-order valence-corrected chi connectivity index (χ1v) is 10.5. The summed E-state index contributed by atoms with van der Waals surface area (Å²) in [6.07, 6.45) is 0. The Kier molecular flexibility index (Phi) is 4.16. The molecule has 5 heteroatoms. The number of fused-ring (bicyclic) bond motifs is 1. The molecule has 124 valence electrons. The fourth-order valence-corrected chi connectivity index (χ4v) is 6.57. The van der Waals surface area contributed by atoms with Crippen LogP contribution in [0.25, 0.3) is 10.2 Å². The monoisotopic (exact) mass is 364 g/mol. The van der Waals surface area contributed by atoms with Gasteiger partial charge in [0, 0.05) is 11.0 Å². The average molecular weight is 364 g/mol. The number of nitrogens with one attached hydrogen (secondary N) is 1. The number of nitrogens with zero attached hydrogens (tertiary/aromatic N) is 1. The second kappa shape index (κ2) is 6.47. The van der Waals surface area contributed by atoms with Crippen molar-refractivity contribution in [2.45, 2.75) is 6.92 Å². The van der Waals surface area contributed by atoms with Crippen molar-refractivity contribution in [2.24, 2.45) is 0 Å². The maximum Gasteiger partial charge on any atom is 0.254 e. The Morgan fingerprint density at radius 1 is 0.880 bits per heavy atom. The van der Waals surface area contributed by atoms with Gasteiger partial charge in [0.15, 0.2) is 4.75 Å². The third kappa shape index (κ3) is 2.99. The predicted octanol–water partition coefficient (Wildman–Crippen LogP) is 4.95. The molecule has 0 fully saturated rings. The smallest absolute Gasteiger partial charge is 0.254 e. The molecule has 0 spiro atoms. The second-order valence-corrected chi connectivity index (χ2v) is 9.55. The maximum absolute atomic E-state index is 14.1. The molecule has 4 aromatic rings. The maximum atomic E-state index is 14.1. The second-order valence-electron chi connectivity index (χ2n) is 5.84. The SMILES string of the molecule is Cc1ccccc1N[P@@](=O)(c1ccccc1)c1nc2ccccc2s1. The van der Waals surface area contributed by atoms with E-state index in [2.05, 4.69) is 10.1 Å². The first-order chi connectivity index (χ1) is 12.2. The summed E-state index contributed by atoms with van der Waals surface area (Å²) < 4.78 is 15.8. The lowest BCUT2D eigenvalue weighted by Gasteiger charge is -2.20. The van der Waals surface area contributed by atoms with Crippen LogP contribution in [-0.2, 0) is 4.57 Å². The van der Waals surface area contributed by atoms with E-state index in [-0.39, 0.29) is 0 Å². The Labute approximate surface area is 150 Å². The summed E-state index contributed by atoms with van der Waals surface area (Å²) in [6.45, 7) is 2.01. The van der Waals surface area contributed by atoms with Crippen LogP contribution in [0.1, 0.15) is 5.56 Å². The van der Waals surface area contributed by atoms with E-state index in [9.17, 15) is 4.57 Å². The minimum atomic E-state index is -3.09. The van der Waals surface area contributed by atoms with Crippen LogP contribution < -0.4 is 15.1 Å². The Hall–Kier alpha value is -2.42. The van der Waals surface area contributed by atoms with E-state index in [0.29, 0.717) is 4.75 Å². The van der Waals surface area contributed by atoms with Crippen molar-refractivity contribution in [2.75, 3.05) is 5.09 Å². The number of anilines is 1. The summed E-state index contributed by atoms with van der Waals surface area (Å²) in [5.41, 5.74) is 2.80. The van der Waals surface area contributed by atoms with E-state index >= 15 is 0 Å². The molecule has 3 nitrogen and oxygen atoms in total. The first kappa shape index (κ1) is 16.1. The third-order valence-corrected chi connectivity index (χ3v) is 8.20. The van der Waals surface area contributed by atoms with Crippen molar-refractivity contribution in [3.05, 3.63) is 84.4 Å². The van der Waals surface area contributed by atoms with Gasteiger partial charge < -0.3 is 5.09 Å². The molecule has 0 aliphatic carbocycles. The summed E-state index contributed by atoms with van der Waals surface area (Å²) in [7, 11) is -3.09. The lowest BCUT2D eigenvalue weighted by atomic mass is 10.2. The van der Waals surface area contributed by atoms with Crippen molar-refractivity contribution in [3.63, 3.8) is 0 Å². The molecular formula is C20H17N2OPS. The molecule has 1 N–H and O–H groups in total. The largest absolute Gasteiger partial charge is 0.327 e. The van der Waals surface area contributed by atoms with Crippen LogP contribution in [0.3, 0.4) is 0 Å². The van der Waals surface area contributed by atoms with Gasteiger partial charge in [-0.05, 0) is 42.8 Å². The van der Waals surface area contributed by atoms with Crippen molar-refractivity contribution in [1.29, 1.82) is 0 Å². The van der Waals surface area contributed by atoms with Crippen molar-refractivity contribution >= 4 is 44.6 Å². The summed E-state index contributed by atoms with van der Waals surface area (Å²) in [5.74, 6) is 0. The average Bonchev–Trinajstić information content (AvgIpc) is 3.09. The Morgan fingerprint density at radius 3 is 2.32 bits per heavy atom. The minimum Gasteiger partial charge on any atom is -0.327 e. The first-order valence-electron chi connectivity index (χ1n) is 8.02. The molecule has 0 amide bonds. The van der Waals surface area contributed by atoms with Crippen LogP contribution in [0.5, 0.6) is 0 Å². The van der Waals surface area contributed by atoms with Gasteiger partial charge in [0.25, 0.3) is 7.29 Å². The van der Waals surface area contributed by atoms with E-state index < -0.39 is 7.29 Å². The number of rotatable bonds is 4. The van der Waals surface area contributed by atoms with Crippen molar-refractivity contribution < 1.29 is 4.57 Å². The number of para-hydroxylation sites is 2. The molecule has 4 rings (SSSR count).